The third kappa shape index (κ3) is 17.3. The molecule has 1 saturated heterocycles. The fourth-order valence-electron chi connectivity index (χ4n) is 7.62. The third-order valence-electron chi connectivity index (χ3n) is 13.2. The Hall–Kier alpha value is -7.04. The van der Waals surface area contributed by atoms with Crippen molar-refractivity contribution in [3.8, 4) is 11.1 Å². The van der Waals surface area contributed by atoms with Gasteiger partial charge in [-0.25, -0.2) is 44.7 Å². The fourth-order valence-corrected chi connectivity index (χ4v) is 7.97. The molecule has 0 aliphatic carbocycles. The van der Waals surface area contributed by atoms with Gasteiger partial charge >= 0.3 is 19.1 Å². The number of azo groups is 2. The predicted molar refractivity (Wildman–Crippen MR) is 307 cm³/mol. The molecule has 0 radical (unpaired) electrons. The van der Waals surface area contributed by atoms with Crippen molar-refractivity contribution in [2.24, 2.45) is 20.5 Å². The Kier molecular flexibility index (Phi) is 24.3. The number of carbonyl (C=O) groups is 2. The highest BCUT2D eigenvalue weighted by Gasteiger charge is 2.51. The first-order valence-electron chi connectivity index (χ1n) is 26.5. The van der Waals surface area contributed by atoms with E-state index in [0.717, 1.165) is 66.7 Å². The van der Waals surface area contributed by atoms with E-state index in [0.29, 0.717) is 24.2 Å². The van der Waals surface area contributed by atoms with Gasteiger partial charge in [0.2, 0.25) is 0 Å². The van der Waals surface area contributed by atoms with Crippen LogP contribution in [0.3, 0.4) is 0 Å². The van der Waals surface area contributed by atoms with Crippen LogP contribution in [-0.2, 0) is 18.8 Å². The van der Waals surface area contributed by atoms with E-state index in [1.165, 1.54) is 24.3 Å². The summed E-state index contributed by atoms with van der Waals surface area (Å²) < 4.78 is 133. The van der Waals surface area contributed by atoms with Crippen LogP contribution in [0.25, 0.3) is 11.1 Å². The Bertz CT molecular complexity index is 3100. The number of benzene rings is 6. The highest BCUT2D eigenvalue weighted by Crippen LogP contribution is 2.37. The summed E-state index contributed by atoms with van der Waals surface area (Å²) in [5.41, 5.74) is 1.23. The van der Waals surface area contributed by atoms with Crippen molar-refractivity contribution < 1.29 is 63.5 Å². The van der Waals surface area contributed by atoms with Crippen molar-refractivity contribution in [2.75, 3.05) is 51.2 Å². The second-order valence-corrected chi connectivity index (χ2v) is 21.1. The highest BCUT2D eigenvalue weighted by molar-refractivity contribution is 9.10. The molecule has 82 heavy (non-hydrogen) atoms. The number of ether oxygens (including phenoxy) is 2. The van der Waals surface area contributed by atoms with E-state index in [1.807, 2.05) is 108 Å². The van der Waals surface area contributed by atoms with Gasteiger partial charge in [-0.3, -0.25) is 0 Å². The van der Waals surface area contributed by atoms with Crippen LogP contribution < -0.4 is 15.3 Å². The molecular formula is C60H66BBrF8N6O6. The lowest BCUT2D eigenvalue weighted by molar-refractivity contribution is 0.00578. The van der Waals surface area contributed by atoms with Gasteiger partial charge in [0.15, 0.2) is 46.5 Å². The fraction of sp³-hybridized carbons (Fsp3) is 0.367. The standard InChI is InChI=1S/C27H27F4N3O2.C20H26BN3O2.C13H13BrF4O2/c1-4-5-6-7-16-36-27(35)22-25(30)23(28)21(24(29)26(22)31)17-8-10-18(11-9-17)32-33-19-12-14-20(15-13-19)34(2)3;1-19(2)20(3,4)26-21(25-19)15-7-9-16(10-8-15)22-23-17-11-13-18(14-12-17)24(5)6;1-2-3-4-5-6-20-13(19)7-9(15)11(17)8(14)12(18)10(7)16/h8-15H,4-7,16H2,1-3H3;7-14H,1-6H3;2-6H2,1H3. The minimum atomic E-state index is -1.80. The van der Waals surface area contributed by atoms with Gasteiger partial charge in [0.25, 0.3) is 0 Å². The van der Waals surface area contributed by atoms with Gasteiger partial charge in [-0.15, -0.1) is 0 Å². The van der Waals surface area contributed by atoms with Crippen molar-refractivity contribution in [1.82, 2.24) is 0 Å². The van der Waals surface area contributed by atoms with Crippen LogP contribution in [0.5, 0.6) is 0 Å². The van der Waals surface area contributed by atoms with E-state index in [4.69, 9.17) is 14.0 Å². The summed E-state index contributed by atoms with van der Waals surface area (Å²) in [6.45, 7) is 12.0. The van der Waals surface area contributed by atoms with Gasteiger partial charge < -0.3 is 28.6 Å². The summed E-state index contributed by atoms with van der Waals surface area (Å²) in [5.74, 6) is -16.7. The quantitative estimate of drug-likeness (QED) is 0.0141. The van der Waals surface area contributed by atoms with Crippen LogP contribution >= 0.6 is 15.9 Å². The van der Waals surface area contributed by atoms with Gasteiger partial charge in [-0.05, 0) is 140 Å². The first-order valence-corrected chi connectivity index (χ1v) is 27.3. The van der Waals surface area contributed by atoms with E-state index in [-0.39, 0.29) is 37.1 Å². The number of anilines is 2. The molecule has 12 nitrogen and oxygen atoms in total. The Morgan fingerprint density at radius 1 is 0.476 bits per heavy atom. The van der Waals surface area contributed by atoms with Gasteiger partial charge in [-0.2, -0.15) is 20.5 Å². The molecule has 1 heterocycles. The maximum absolute atomic E-state index is 14.8. The van der Waals surface area contributed by atoms with Crippen LogP contribution in [0.2, 0.25) is 0 Å². The first-order chi connectivity index (χ1) is 38.8. The normalized spacial score (nSPS) is 13.4. The lowest BCUT2D eigenvalue weighted by Gasteiger charge is -2.32. The number of esters is 2. The zero-order valence-corrected chi connectivity index (χ0v) is 49.0. The molecule has 6 aromatic carbocycles. The molecule has 1 aliphatic rings. The van der Waals surface area contributed by atoms with Crippen molar-refractivity contribution >= 4 is 74.6 Å². The highest BCUT2D eigenvalue weighted by atomic mass is 79.9. The summed E-state index contributed by atoms with van der Waals surface area (Å²) in [6.07, 6.45) is 6.31. The van der Waals surface area contributed by atoms with Gasteiger partial charge in [-0.1, -0.05) is 76.6 Å². The average Bonchev–Trinajstić information content (AvgIpc) is 3.76. The second kappa shape index (κ2) is 30.3. The summed E-state index contributed by atoms with van der Waals surface area (Å²) in [6, 6.07) is 28.4. The van der Waals surface area contributed by atoms with Crippen LogP contribution in [0.1, 0.15) is 114 Å². The molecule has 0 N–H and O–H groups in total. The maximum atomic E-state index is 14.8. The molecule has 0 unspecified atom stereocenters. The van der Waals surface area contributed by atoms with Gasteiger partial charge in [0.05, 0.1) is 57.2 Å². The zero-order chi connectivity index (χ0) is 60.5. The van der Waals surface area contributed by atoms with E-state index >= 15 is 0 Å². The van der Waals surface area contributed by atoms with Crippen LogP contribution in [0, 0.1) is 46.5 Å². The monoisotopic (exact) mass is 1210 g/mol. The number of hydrogen-bond donors (Lipinski definition) is 0. The van der Waals surface area contributed by atoms with Crippen LogP contribution in [-0.4, -0.2) is 71.7 Å². The van der Waals surface area contributed by atoms with Crippen LogP contribution in [0.15, 0.2) is 122 Å². The van der Waals surface area contributed by atoms with Crippen molar-refractivity contribution in [1.29, 1.82) is 0 Å². The summed E-state index contributed by atoms with van der Waals surface area (Å²) >= 11 is 2.36. The number of carbonyl (C=O) groups excluding carboxylic acids is 2. The SMILES string of the molecule is CCCCCCOC(=O)c1c(F)c(F)c(-c2ccc(N=Nc3ccc(N(C)C)cc3)cc2)c(F)c1F.CCCCCCOC(=O)c1c(F)c(F)c(Br)c(F)c1F.CN(C)c1ccc(N=Nc2ccc(B3OC(C)(C)C(C)(C)O3)cc2)cc1. The summed E-state index contributed by atoms with van der Waals surface area (Å²) in [4.78, 5) is 27.6. The Morgan fingerprint density at radius 3 is 1.12 bits per heavy atom. The third-order valence-corrected chi connectivity index (χ3v) is 13.9. The molecule has 6 aromatic rings. The number of rotatable bonds is 20. The van der Waals surface area contributed by atoms with E-state index in [1.54, 1.807) is 12.1 Å². The summed E-state index contributed by atoms with van der Waals surface area (Å²) in [7, 11) is 7.49. The van der Waals surface area contributed by atoms with Gasteiger partial charge in [0, 0.05) is 39.6 Å². The molecule has 0 saturated carbocycles. The molecule has 0 spiro atoms. The minimum absolute atomic E-state index is 0.0585. The number of halogens is 9. The van der Waals surface area contributed by atoms with E-state index < -0.39 is 79.6 Å². The van der Waals surface area contributed by atoms with Gasteiger partial charge in [0.1, 0.15) is 11.1 Å². The Balaban J connectivity index is 0.000000236. The molecule has 0 amide bonds. The van der Waals surface area contributed by atoms with E-state index in [9.17, 15) is 44.7 Å². The largest absolute Gasteiger partial charge is 0.494 e. The molecule has 0 bridgehead atoms. The number of unbranched alkanes of at least 4 members (excludes halogenated alkanes) is 6. The molecule has 438 valence electrons. The molecule has 1 aliphatic heterocycles. The average molecular weight is 1210 g/mol. The molecule has 1 fully saturated rings. The number of nitrogens with zero attached hydrogens (tertiary/aromatic N) is 6. The maximum Gasteiger partial charge on any atom is 0.494 e. The lowest BCUT2D eigenvalue weighted by atomic mass is 9.79. The van der Waals surface area contributed by atoms with Crippen LogP contribution in [0.4, 0.5) is 69.2 Å². The molecule has 0 atom stereocenters. The van der Waals surface area contributed by atoms with E-state index in [2.05, 4.69) is 73.7 Å². The lowest BCUT2D eigenvalue weighted by Crippen LogP contribution is -2.41. The van der Waals surface area contributed by atoms with Crippen molar-refractivity contribution in [2.45, 2.75) is 104 Å². The molecule has 0 aromatic heterocycles. The zero-order valence-electron chi connectivity index (χ0n) is 47.4. The van der Waals surface area contributed by atoms with Crippen molar-refractivity contribution in [3.05, 3.63) is 159 Å². The molecular weight excluding hydrogens is 1140 g/mol. The Labute approximate surface area is 482 Å². The summed E-state index contributed by atoms with van der Waals surface area (Å²) in [5, 5.41) is 16.8. The predicted octanol–water partition coefficient (Wildman–Crippen LogP) is 17.3. The minimum Gasteiger partial charge on any atom is -0.462 e. The molecule has 22 heteroatoms. The molecule has 7 rings (SSSR count). The first kappa shape index (κ1) is 65.8. The van der Waals surface area contributed by atoms with Crippen molar-refractivity contribution in [3.63, 3.8) is 0 Å². The number of hydrogen-bond acceptors (Lipinski definition) is 12. The topological polar surface area (TPSA) is 127 Å². The second-order valence-electron chi connectivity index (χ2n) is 20.3. The Morgan fingerprint density at radius 2 is 0.793 bits per heavy atom. The smallest absolute Gasteiger partial charge is 0.462 e.